The van der Waals surface area contributed by atoms with Crippen LogP contribution in [0.25, 0.3) is 10.9 Å². The Kier molecular flexibility index (Phi) is 4.04. The number of carbonyl (C=O) groups is 1. The van der Waals surface area contributed by atoms with Crippen LogP contribution in [0, 0.1) is 0 Å². The second kappa shape index (κ2) is 6.59. The first kappa shape index (κ1) is 17.2. The lowest BCUT2D eigenvalue weighted by Gasteiger charge is -2.18. The summed E-state index contributed by atoms with van der Waals surface area (Å²) in [5.41, 5.74) is 2.08. The highest BCUT2D eigenvalue weighted by Gasteiger charge is 2.45. The predicted molar refractivity (Wildman–Crippen MR) is 108 cm³/mol. The average molecular weight is 373 g/mol. The van der Waals surface area contributed by atoms with Crippen molar-refractivity contribution in [1.29, 1.82) is 0 Å². The first-order chi connectivity index (χ1) is 13.7. The van der Waals surface area contributed by atoms with Crippen molar-refractivity contribution in [2.24, 2.45) is 0 Å². The molecular weight excluding hydrogens is 350 g/mol. The van der Waals surface area contributed by atoms with Crippen LogP contribution < -0.4 is 10.9 Å². The van der Waals surface area contributed by atoms with Gasteiger partial charge in [-0.2, -0.15) is 0 Å². The van der Waals surface area contributed by atoms with Crippen molar-refractivity contribution in [2.45, 2.75) is 50.6 Å². The van der Waals surface area contributed by atoms with E-state index in [0.717, 1.165) is 56.5 Å². The molecule has 0 bridgehead atoms. The van der Waals surface area contributed by atoms with Crippen LogP contribution in [0.4, 0.5) is 0 Å². The highest BCUT2D eigenvalue weighted by molar-refractivity contribution is 5.98. The molecule has 0 atom stereocenters. The monoisotopic (exact) mass is 373 g/mol. The molecule has 5 heteroatoms. The van der Waals surface area contributed by atoms with Gasteiger partial charge in [-0.05, 0) is 49.4 Å². The Morgan fingerprint density at radius 3 is 2.64 bits per heavy atom. The third-order valence-corrected chi connectivity index (χ3v) is 6.01. The summed E-state index contributed by atoms with van der Waals surface area (Å²) in [7, 11) is 0. The first-order valence-corrected chi connectivity index (χ1v) is 10.1. The summed E-state index contributed by atoms with van der Waals surface area (Å²) in [6.45, 7) is 0.735. The van der Waals surface area contributed by atoms with Crippen LogP contribution in [-0.4, -0.2) is 15.5 Å². The van der Waals surface area contributed by atoms with E-state index >= 15 is 0 Å². The molecule has 1 aromatic heterocycles. The maximum absolute atomic E-state index is 12.9. The molecule has 1 fully saturated rings. The molecule has 2 aromatic carbocycles. The van der Waals surface area contributed by atoms with Crippen molar-refractivity contribution in [3.8, 4) is 0 Å². The fraction of sp³-hybridized carbons (Fsp3) is 0.348. The number of hydrogen-bond acceptors (Lipinski definition) is 3. The van der Waals surface area contributed by atoms with E-state index in [1.807, 2.05) is 22.8 Å². The van der Waals surface area contributed by atoms with E-state index in [1.54, 1.807) is 18.2 Å². The molecule has 28 heavy (non-hydrogen) atoms. The predicted octanol–water partition coefficient (Wildman–Crippen LogP) is 3.54. The first-order valence-electron chi connectivity index (χ1n) is 10.1. The summed E-state index contributed by atoms with van der Waals surface area (Å²) in [6.07, 6.45) is 5.90. The van der Waals surface area contributed by atoms with Crippen LogP contribution >= 0.6 is 0 Å². The van der Waals surface area contributed by atoms with Crippen LogP contribution in [0.1, 0.15) is 53.8 Å². The number of rotatable bonds is 3. The topological polar surface area (TPSA) is 64.0 Å². The summed E-state index contributed by atoms with van der Waals surface area (Å²) < 4.78 is 1.81. The van der Waals surface area contributed by atoms with Gasteiger partial charge in [0.15, 0.2) is 0 Å². The summed E-state index contributed by atoms with van der Waals surface area (Å²) in [5, 5.41) is 3.79. The lowest BCUT2D eigenvalue weighted by molar-refractivity contribution is 0.0931. The van der Waals surface area contributed by atoms with Gasteiger partial charge in [0.1, 0.15) is 5.82 Å². The third kappa shape index (κ3) is 2.91. The number of aromatic nitrogens is 2. The molecule has 1 aliphatic heterocycles. The number of benzene rings is 2. The summed E-state index contributed by atoms with van der Waals surface area (Å²) in [6, 6.07) is 15.4. The van der Waals surface area contributed by atoms with Gasteiger partial charge >= 0.3 is 0 Å². The van der Waals surface area contributed by atoms with Gasteiger partial charge in [-0.15, -0.1) is 0 Å². The molecule has 5 nitrogen and oxygen atoms in total. The van der Waals surface area contributed by atoms with Gasteiger partial charge in [0.25, 0.3) is 11.5 Å². The van der Waals surface area contributed by atoms with Crippen LogP contribution in [-0.2, 0) is 18.5 Å². The Balaban J connectivity index is 1.48. The summed E-state index contributed by atoms with van der Waals surface area (Å²) in [5.74, 6) is 0.732. The summed E-state index contributed by atoms with van der Waals surface area (Å²) in [4.78, 5) is 30.5. The van der Waals surface area contributed by atoms with E-state index in [4.69, 9.17) is 4.98 Å². The zero-order valence-electron chi connectivity index (χ0n) is 15.8. The Morgan fingerprint density at radius 2 is 1.86 bits per heavy atom. The third-order valence-electron chi connectivity index (χ3n) is 6.01. The number of nitrogens with zero attached hydrogens (tertiary/aromatic N) is 2. The minimum atomic E-state index is -0.256. The van der Waals surface area contributed by atoms with Crippen molar-refractivity contribution in [3.05, 3.63) is 75.8 Å². The van der Waals surface area contributed by atoms with E-state index < -0.39 is 0 Å². The Bertz CT molecular complexity index is 1110. The average Bonchev–Trinajstić information content (AvgIpc) is 3.53. The maximum atomic E-state index is 12.9. The number of carbonyl (C=O) groups excluding carboxylic acids is 1. The molecule has 0 spiro atoms. The van der Waals surface area contributed by atoms with Crippen molar-refractivity contribution in [3.63, 3.8) is 0 Å². The number of aryl methyl sites for hydroxylation is 1. The smallest absolute Gasteiger partial charge is 0.261 e. The number of fused-ring (bicyclic) bond motifs is 2. The zero-order chi connectivity index (χ0) is 19.1. The SMILES string of the molecule is O=C(NC1(c2ccccc2)CC1)c1ccc2c(=O)n3c(nc2c1)CCCCC3. The van der Waals surface area contributed by atoms with Crippen molar-refractivity contribution < 1.29 is 4.79 Å². The van der Waals surface area contributed by atoms with Gasteiger partial charge < -0.3 is 5.32 Å². The molecule has 3 aromatic rings. The minimum Gasteiger partial charge on any atom is -0.343 e. The number of nitrogens with one attached hydrogen (secondary N) is 1. The van der Waals surface area contributed by atoms with Gasteiger partial charge in [0, 0.05) is 18.5 Å². The largest absolute Gasteiger partial charge is 0.343 e. The lowest BCUT2D eigenvalue weighted by atomic mass is 10.0. The lowest BCUT2D eigenvalue weighted by Crippen LogP contribution is -2.34. The molecule has 1 amide bonds. The van der Waals surface area contributed by atoms with E-state index in [2.05, 4.69) is 17.4 Å². The molecule has 142 valence electrons. The quantitative estimate of drug-likeness (QED) is 0.764. The fourth-order valence-electron chi connectivity index (χ4n) is 4.22. The van der Waals surface area contributed by atoms with Gasteiger partial charge in [-0.3, -0.25) is 14.2 Å². The van der Waals surface area contributed by atoms with E-state index in [0.29, 0.717) is 16.5 Å². The molecule has 2 heterocycles. The second-order valence-electron chi connectivity index (χ2n) is 7.93. The molecular formula is C23H23N3O2. The zero-order valence-corrected chi connectivity index (χ0v) is 15.8. The van der Waals surface area contributed by atoms with Crippen molar-refractivity contribution in [1.82, 2.24) is 14.9 Å². The molecule has 1 saturated carbocycles. The van der Waals surface area contributed by atoms with Crippen molar-refractivity contribution >= 4 is 16.8 Å². The van der Waals surface area contributed by atoms with Gasteiger partial charge in [0.05, 0.1) is 16.4 Å². The standard InChI is InChI=1S/C23H23N3O2/c27-21(25-23(12-13-23)17-7-3-1-4-8-17)16-10-11-18-19(15-16)24-20-9-5-2-6-14-26(20)22(18)28/h1,3-4,7-8,10-11,15H,2,5-6,9,12-14H2,(H,25,27). The molecule has 0 unspecified atom stereocenters. The number of hydrogen-bond donors (Lipinski definition) is 1. The van der Waals surface area contributed by atoms with Crippen LogP contribution in [0.3, 0.4) is 0 Å². The Morgan fingerprint density at radius 1 is 1.04 bits per heavy atom. The fourth-order valence-corrected chi connectivity index (χ4v) is 4.22. The van der Waals surface area contributed by atoms with Gasteiger partial charge in [0.2, 0.25) is 0 Å². The maximum Gasteiger partial charge on any atom is 0.261 e. The molecule has 0 saturated heterocycles. The minimum absolute atomic E-state index is 0.0109. The van der Waals surface area contributed by atoms with E-state index in [1.165, 1.54) is 0 Å². The molecule has 0 radical (unpaired) electrons. The highest BCUT2D eigenvalue weighted by atomic mass is 16.2. The van der Waals surface area contributed by atoms with Gasteiger partial charge in [-0.1, -0.05) is 36.8 Å². The molecule has 1 N–H and O–H groups in total. The van der Waals surface area contributed by atoms with E-state index in [9.17, 15) is 9.59 Å². The number of amides is 1. The highest BCUT2D eigenvalue weighted by Crippen LogP contribution is 2.45. The van der Waals surface area contributed by atoms with Crippen LogP contribution in [0.2, 0.25) is 0 Å². The van der Waals surface area contributed by atoms with Crippen molar-refractivity contribution in [2.75, 3.05) is 0 Å². The normalized spacial score (nSPS) is 17.6. The summed E-state index contributed by atoms with van der Waals surface area (Å²) >= 11 is 0. The van der Waals surface area contributed by atoms with E-state index in [-0.39, 0.29) is 17.0 Å². The molecule has 5 rings (SSSR count). The Hall–Kier alpha value is -2.95. The molecule has 1 aliphatic carbocycles. The van der Waals surface area contributed by atoms with Crippen LogP contribution in [0.5, 0.6) is 0 Å². The van der Waals surface area contributed by atoms with Gasteiger partial charge in [-0.25, -0.2) is 4.98 Å². The Labute approximate surface area is 163 Å². The second-order valence-corrected chi connectivity index (χ2v) is 7.93. The van der Waals surface area contributed by atoms with Crippen LogP contribution in [0.15, 0.2) is 53.3 Å². The molecule has 2 aliphatic rings.